The monoisotopic (exact) mass is 498 g/mol. The molecule has 2 atom stereocenters. The molecule has 10 nitrogen and oxygen atoms in total. The molecular formula is C26H38N6O4. The molecule has 2 saturated heterocycles. The molecule has 2 aliphatic heterocycles. The van der Waals surface area contributed by atoms with Crippen molar-refractivity contribution >= 4 is 23.7 Å². The standard InChI is InChI=1S/C26H38N6O4/c1-15(2)20-10-27-32-21(9-16(3)28-23(20)32)29-22-17-7-8-18(22)12-30(11-17)24(33)35-19-13-31(14-19)25(34)36-26(4,5)6/h9-10,15,17-19,22,29H,7-8,11-14H2,1-6H3. The van der Waals surface area contributed by atoms with Gasteiger partial charge < -0.3 is 24.6 Å². The molecule has 1 saturated carbocycles. The van der Waals surface area contributed by atoms with E-state index in [4.69, 9.17) is 14.5 Å². The van der Waals surface area contributed by atoms with Crippen molar-refractivity contribution < 1.29 is 19.1 Å². The average Bonchev–Trinajstić information content (AvgIpc) is 3.25. The minimum Gasteiger partial charge on any atom is -0.444 e. The fraction of sp³-hybridized carbons (Fsp3) is 0.692. The average molecular weight is 499 g/mol. The van der Waals surface area contributed by atoms with Crippen molar-refractivity contribution in [3.63, 3.8) is 0 Å². The molecule has 1 aliphatic carbocycles. The Morgan fingerprint density at radius 2 is 1.69 bits per heavy atom. The number of aryl methyl sites for hydroxylation is 1. The highest BCUT2D eigenvalue weighted by Gasteiger charge is 2.45. The molecule has 4 heterocycles. The molecule has 10 heteroatoms. The molecule has 196 valence electrons. The van der Waals surface area contributed by atoms with Crippen molar-refractivity contribution in [2.24, 2.45) is 11.8 Å². The van der Waals surface area contributed by atoms with Crippen LogP contribution in [-0.2, 0) is 9.47 Å². The Kier molecular flexibility index (Phi) is 6.24. The number of hydrogen-bond acceptors (Lipinski definition) is 7. The molecular weight excluding hydrogens is 460 g/mol. The minimum atomic E-state index is -0.536. The number of nitrogens with zero attached hydrogens (tertiary/aromatic N) is 5. The Morgan fingerprint density at radius 3 is 2.31 bits per heavy atom. The van der Waals surface area contributed by atoms with Crippen LogP contribution in [0.5, 0.6) is 0 Å². The van der Waals surface area contributed by atoms with Gasteiger partial charge in [0.1, 0.15) is 17.5 Å². The largest absolute Gasteiger partial charge is 0.444 e. The summed E-state index contributed by atoms with van der Waals surface area (Å²) in [5.74, 6) is 2.00. The predicted molar refractivity (Wildman–Crippen MR) is 135 cm³/mol. The Labute approximate surface area is 212 Å². The Balaban J connectivity index is 1.18. The van der Waals surface area contributed by atoms with E-state index in [2.05, 4.69) is 30.3 Å². The number of fused-ring (bicyclic) bond motifs is 3. The van der Waals surface area contributed by atoms with E-state index in [1.54, 1.807) is 4.90 Å². The van der Waals surface area contributed by atoms with Gasteiger partial charge in [-0.3, -0.25) is 0 Å². The van der Waals surface area contributed by atoms with E-state index in [1.807, 2.05) is 43.3 Å². The van der Waals surface area contributed by atoms with Crippen molar-refractivity contribution in [2.75, 3.05) is 31.5 Å². The molecule has 2 aromatic heterocycles. The normalized spacial score (nSPS) is 24.2. The molecule has 5 rings (SSSR count). The maximum Gasteiger partial charge on any atom is 0.410 e. The SMILES string of the molecule is Cc1cc(NC2C3CCC2CN(C(=O)OC2CN(C(=O)OC(C)(C)C)C2)C3)n2ncc(C(C)C)c2n1. The molecule has 0 radical (unpaired) electrons. The molecule has 3 aliphatic rings. The van der Waals surface area contributed by atoms with Gasteiger partial charge >= 0.3 is 12.2 Å². The lowest BCUT2D eigenvalue weighted by molar-refractivity contribution is -0.0461. The van der Waals surface area contributed by atoms with E-state index in [0.717, 1.165) is 35.6 Å². The van der Waals surface area contributed by atoms with Crippen LogP contribution < -0.4 is 5.32 Å². The Morgan fingerprint density at radius 1 is 1.06 bits per heavy atom. The van der Waals surface area contributed by atoms with Gasteiger partial charge in [0.2, 0.25) is 0 Å². The quantitative estimate of drug-likeness (QED) is 0.679. The number of aromatic nitrogens is 3. The van der Waals surface area contributed by atoms with E-state index >= 15 is 0 Å². The number of carbonyl (C=O) groups excluding carboxylic acids is 2. The van der Waals surface area contributed by atoms with Crippen LogP contribution in [0.3, 0.4) is 0 Å². The van der Waals surface area contributed by atoms with E-state index < -0.39 is 5.60 Å². The molecule has 0 aromatic carbocycles. The number of likely N-dealkylation sites (tertiary alicyclic amines) is 2. The van der Waals surface area contributed by atoms with Gasteiger partial charge in [0.05, 0.1) is 19.3 Å². The van der Waals surface area contributed by atoms with Crippen LogP contribution in [0.1, 0.15) is 64.6 Å². The smallest absolute Gasteiger partial charge is 0.410 e. The van der Waals surface area contributed by atoms with Crippen molar-refractivity contribution in [3.05, 3.63) is 23.5 Å². The van der Waals surface area contributed by atoms with Crippen LogP contribution in [-0.4, -0.2) is 80.5 Å². The van der Waals surface area contributed by atoms with Gasteiger partial charge in [-0.15, -0.1) is 0 Å². The van der Waals surface area contributed by atoms with Crippen LogP contribution in [0.2, 0.25) is 0 Å². The lowest BCUT2D eigenvalue weighted by Crippen LogP contribution is -2.58. The van der Waals surface area contributed by atoms with Gasteiger partial charge in [0.25, 0.3) is 0 Å². The van der Waals surface area contributed by atoms with Gasteiger partial charge in [0, 0.05) is 36.5 Å². The number of piperidine rings is 1. The van der Waals surface area contributed by atoms with Gasteiger partial charge in [-0.1, -0.05) is 13.8 Å². The van der Waals surface area contributed by atoms with Gasteiger partial charge in [-0.25, -0.2) is 14.6 Å². The zero-order valence-electron chi connectivity index (χ0n) is 22.2. The summed E-state index contributed by atoms with van der Waals surface area (Å²) >= 11 is 0. The minimum absolute atomic E-state index is 0.275. The lowest BCUT2D eigenvalue weighted by Gasteiger charge is -2.42. The maximum absolute atomic E-state index is 12.9. The molecule has 2 unspecified atom stereocenters. The summed E-state index contributed by atoms with van der Waals surface area (Å²) in [5, 5.41) is 8.38. The first-order valence-corrected chi connectivity index (χ1v) is 13.0. The molecule has 3 fully saturated rings. The summed E-state index contributed by atoms with van der Waals surface area (Å²) in [6.45, 7) is 13.9. The first-order valence-electron chi connectivity index (χ1n) is 13.0. The third-order valence-corrected chi connectivity index (χ3v) is 7.42. The third kappa shape index (κ3) is 4.82. The number of ether oxygens (including phenoxy) is 2. The van der Waals surface area contributed by atoms with Crippen LogP contribution in [0, 0.1) is 18.8 Å². The summed E-state index contributed by atoms with van der Waals surface area (Å²) < 4.78 is 13.0. The van der Waals surface area contributed by atoms with E-state index in [9.17, 15) is 9.59 Å². The molecule has 1 N–H and O–H groups in total. The summed E-state index contributed by atoms with van der Waals surface area (Å²) in [4.78, 5) is 33.2. The number of hydrogen-bond donors (Lipinski definition) is 1. The Hall–Kier alpha value is -3.04. The second kappa shape index (κ2) is 9.12. The second-order valence-corrected chi connectivity index (χ2v) is 11.8. The summed E-state index contributed by atoms with van der Waals surface area (Å²) in [7, 11) is 0. The zero-order valence-corrected chi connectivity index (χ0v) is 22.2. The van der Waals surface area contributed by atoms with Crippen molar-refractivity contribution in [1.82, 2.24) is 24.4 Å². The topological polar surface area (TPSA) is 101 Å². The van der Waals surface area contributed by atoms with E-state index in [-0.39, 0.29) is 24.3 Å². The van der Waals surface area contributed by atoms with Gasteiger partial charge in [-0.2, -0.15) is 9.61 Å². The number of carbonyl (C=O) groups is 2. The lowest BCUT2D eigenvalue weighted by atomic mass is 9.92. The number of nitrogens with one attached hydrogen (secondary N) is 1. The summed E-state index contributed by atoms with van der Waals surface area (Å²) in [6.07, 6.45) is 3.14. The van der Waals surface area contributed by atoms with Crippen molar-refractivity contribution in [1.29, 1.82) is 0 Å². The Bertz CT molecular complexity index is 1140. The molecule has 2 aromatic rings. The summed E-state index contributed by atoms with van der Waals surface area (Å²) in [5.41, 5.74) is 2.47. The van der Waals surface area contributed by atoms with Crippen LogP contribution in [0.4, 0.5) is 15.4 Å². The van der Waals surface area contributed by atoms with Crippen LogP contribution in [0.25, 0.3) is 5.65 Å². The molecule has 36 heavy (non-hydrogen) atoms. The van der Waals surface area contributed by atoms with E-state index in [0.29, 0.717) is 43.9 Å². The predicted octanol–water partition coefficient (Wildman–Crippen LogP) is 4.04. The zero-order chi connectivity index (χ0) is 25.8. The number of amides is 2. The fourth-order valence-electron chi connectivity index (χ4n) is 5.59. The van der Waals surface area contributed by atoms with Gasteiger partial charge in [0.15, 0.2) is 5.65 Å². The first-order chi connectivity index (χ1) is 17.0. The number of rotatable bonds is 4. The summed E-state index contributed by atoms with van der Waals surface area (Å²) in [6, 6.07) is 2.33. The van der Waals surface area contributed by atoms with Crippen molar-refractivity contribution in [3.8, 4) is 0 Å². The van der Waals surface area contributed by atoms with Crippen LogP contribution in [0.15, 0.2) is 12.3 Å². The first kappa shape index (κ1) is 24.6. The maximum atomic E-state index is 12.9. The molecule has 0 spiro atoms. The highest BCUT2D eigenvalue weighted by atomic mass is 16.6. The van der Waals surface area contributed by atoms with Crippen LogP contribution >= 0.6 is 0 Å². The van der Waals surface area contributed by atoms with Crippen molar-refractivity contribution in [2.45, 2.75) is 78.0 Å². The third-order valence-electron chi connectivity index (χ3n) is 7.42. The highest BCUT2D eigenvalue weighted by molar-refractivity contribution is 5.71. The number of anilines is 1. The fourth-order valence-corrected chi connectivity index (χ4v) is 5.59. The molecule has 2 bridgehead atoms. The second-order valence-electron chi connectivity index (χ2n) is 11.8. The highest BCUT2D eigenvalue weighted by Crippen LogP contribution is 2.39. The van der Waals surface area contributed by atoms with Gasteiger partial charge in [-0.05, 0) is 58.3 Å². The molecule has 2 amide bonds. The van der Waals surface area contributed by atoms with E-state index in [1.165, 1.54) is 0 Å².